The van der Waals surface area contributed by atoms with Gasteiger partial charge in [0.1, 0.15) is 17.3 Å². The van der Waals surface area contributed by atoms with Gasteiger partial charge in [0, 0.05) is 24.1 Å². The van der Waals surface area contributed by atoms with Gasteiger partial charge in [0.05, 0.1) is 0 Å². The van der Waals surface area contributed by atoms with E-state index in [1.54, 1.807) is 18.5 Å². The summed E-state index contributed by atoms with van der Waals surface area (Å²) in [5, 5.41) is 3.36. The Balaban J connectivity index is 1.88. The van der Waals surface area contributed by atoms with Crippen LogP contribution in [0.15, 0.2) is 46.3 Å². The largest absolute Gasteiger partial charge is 0.441 e. The summed E-state index contributed by atoms with van der Waals surface area (Å²) in [6.07, 6.45) is 1.62. The van der Waals surface area contributed by atoms with Crippen LogP contribution in [0.25, 0.3) is 11.5 Å². The SMILES string of the molecule is CC(=O)ON(Cc1nccs1)C(=O)c1nc(-c2ccccc2)oc1C. The summed E-state index contributed by atoms with van der Waals surface area (Å²) < 4.78 is 5.60. The van der Waals surface area contributed by atoms with Crippen LogP contribution in [-0.2, 0) is 16.2 Å². The zero-order valence-electron chi connectivity index (χ0n) is 13.6. The average Bonchev–Trinajstić information content (AvgIpc) is 3.23. The monoisotopic (exact) mass is 357 g/mol. The molecule has 7 nitrogen and oxygen atoms in total. The Morgan fingerprint density at radius 1 is 1.28 bits per heavy atom. The number of aryl methyl sites for hydroxylation is 1. The molecule has 0 N–H and O–H groups in total. The smallest absolute Gasteiger partial charge is 0.329 e. The van der Waals surface area contributed by atoms with Crippen molar-refractivity contribution in [2.45, 2.75) is 20.4 Å². The normalized spacial score (nSPS) is 10.5. The maximum atomic E-state index is 12.8. The van der Waals surface area contributed by atoms with Crippen molar-refractivity contribution in [3.05, 3.63) is 58.4 Å². The summed E-state index contributed by atoms with van der Waals surface area (Å²) in [5.74, 6) is -0.484. The molecule has 0 aliphatic heterocycles. The standard InChI is InChI=1S/C17H15N3O4S/c1-11-15(19-16(23-11)13-6-4-3-5-7-13)17(22)20(24-12(2)21)10-14-18-8-9-25-14/h3-9H,10H2,1-2H3. The highest BCUT2D eigenvalue weighted by molar-refractivity contribution is 7.09. The van der Waals surface area contributed by atoms with Gasteiger partial charge in [-0.3, -0.25) is 9.59 Å². The fourth-order valence-electron chi connectivity index (χ4n) is 2.17. The van der Waals surface area contributed by atoms with E-state index < -0.39 is 11.9 Å². The van der Waals surface area contributed by atoms with E-state index in [4.69, 9.17) is 9.25 Å². The lowest BCUT2D eigenvalue weighted by atomic mass is 10.2. The number of benzene rings is 1. The van der Waals surface area contributed by atoms with Crippen molar-refractivity contribution in [3.63, 3.8) is 0 Å². The Hall–Kier alpha value is -3.00. The third-order valence-corrected chi connectivity index (χ3v) is 4.01. The van der Waals surface area contributed by atoms with E-state index in [1.165, 1.54) is 18.3 Å². The summed E-state index contributed by atoms with van der Waals surface area (Å²) in [4.78, 5) is 37.5. The minimum Gasteiger partial charge on any atom is -0.441 e. The molecule has 0 aliphatic carbocycles. The number of thiazole rings is 1. The van der Waals surface area contributed by atoms with Crippen LogP contribution in [0.2, 0.25) is 0 Å². The maximum Gasteiger partial charge on any atom is 0.329 e. The first kappa shape index (κ1) is 16.8. The summed E-state index contributed by atoms with van der Waals surface area (Å²) in [6, 6.07) is 9.24. The van der Waals surface area contributed by atoms with E-state index in [2.05, 4.69) is 9.97 Å². The first-order chi connectivity index (χ1) is 12.0. The molecule has 8 heteroatoms. The second-order valence-electron chi connectivity index (χ2n) is 5.14. The molecule has 0 fully saturated rings. The topological polar surface area (TPSA) is 85.5 Å². The molecule has 0 bridgehead atoms. The Morgan fingerprint density at radius 3 is 2.68 bits per heavy atom. The number of hydrogen-bond acceptors (Lipinski definition) is 7. The molecule has 0 saturated carbocycles. The van der Waals surface area contributed by atoms with Crippen LogP contribution in [0.5, 0.6) is 0 Å². The van der Waals surface area contributed by atoms with Gasteiger partial charge in [0.2, 0.25) is 5.89 Å². The highest BCUT2D eigenvalue weighted by Gasteiger charge is 2.26. The third kappa shape index (κ3) is 3.92. The second kappa shape index (κ2) is 7.27. The minimum atomic E-state index is -0.602. The number of carbonyl (C=O) groups is 2. The van der Waals surface area contributed by atoms with E-state index in [9.17, 15) is 9.59 Å². The maximum absolute atomic E-state index is 12.8. The summed E-state index contributed by atoms with van der Waals surface area (Å²) in [5.41, 5.74) is 0.847. The number of oxazole rings is 1. The van der Waals surface area contributed by atoms with E-state index >= 15 is 0 Å². The van der Waals surface area contributed by atoms with Gasteiger partial charge in [-0.2, -0.15) is 5.06 Å². The van der Waals surface area contributed by atoms with Gasteiger partial charge in [-0.25, -0.2) is 9.97 Å². The zero-order chi connectivity index (χ0) is 17.8. The lowest BCUT2D eigenvalue weighted by Gasteiger charge is -2.18. The van der Waals surface area contributed by atoms with Crippen molar-refractivity contribution in [2.24, 2.45) is 0 Å². The van der Waals surface area contributed by atoms with Gasteiger partial charge in [-0.15, -0.1) is 11.3 Å². The van der Waals surface area contributed by atoms with Gasteiger partial charge < -0.3 is 9.25 Å². The molecule has 0 spiro atoms. The summed E-state index contributed by atoms with van der Waals surface area (Å²) >= 11 is 1.36. The molecular formula is C17H15N3O4S. The van der Waals surface area contributed by atoms with E-state index in [1.807, 2.05) is 30.3 Å². The van der Waals surface area contributed by atoms with Crippen molar-refractivity contribution < 1.29 is 18.8 Å². The molecule has 0 atom stereocenters. The molecule has 0 saturated heterocycles. The van der Waals surface area contributed by atoms with Crippen molar-refractivity contribution in [2.75, 3.05) is 0 Å². The van der Waals surface area contributed by atoms with Gasteiger partial charge >= 0.3 is 11.9 Å². The number of hydrogen-bond donors (Lipinski definition) is 0. The molecule has 2 aromatic heterocycles. The van der Waals surface area contributed by atoms with Crippen LogP contribution in [0.4, 0.5) is 0 Å². The summed E-state index contributed by atoms with van der Waals surface area (Å²) in [6.45, 7) is 2.91. The van der Waals surface area contributed by atoms with Crippen LogP contribution in [-0.4, -0.2) is 26.9 Å². The van der Waals surface area contributed by atoms with Crippen LogP contribution in [0.1, 0.15) is 28.2 Å². The molecule has 25 heavy (non-hydrogen) atoms. The highest BCUT2D eigenvalue weighted by atomic mass is 32.1. The molecule has 3 aromatic rings. The first-order valence-corrected chi connectivity index (χ1v) is 8.34. The second-order valence-corrected chi connectivity index (χ2v) is 6.12. The molecule has 0 aliphatic rings. The lowest BCUT2D eigenvalue weighted by molar-refractivity contribution is -0.177. The Bertz CT molecular complexity index is 875. The molecule has 2 heterocycles. The van der Waals surface area contributed by atoms with Crippen molar-refractivity contribution >= 4 is 23.2 Å². The molecule has 0 unspecified atom stereocenters. The Labute approximate surface area is 147 Å². The van der Waals surface area contributed by atoms with E-state index in [0.29, 0.717) is 16.7 Å². The lowest BCUT2D eigenvalue weighted by Crippen LogP contribution is -2.33. The average molecular weight is 357 g/mol. The fraction of sp³-hybridized carbons (Fsp3) is 0.176. The summed E-state index contributed by atoms with van der Waals surface area (Å²) in [7, 11) is 0. The van der Waals surface area contributed by atoms with Crippen molar-refractivity contribution in [1.29, 1.82) is 0 Å². The van der Waals surface area contributed by atoms with E-state index in [-0.39, 0.29) is 12.2 Å². The molecule has 128 valence electrons. The number of rotatable bonds is 4. The van der Waals surface area contributed by atoms with Crippen LogP contribution in [0.3, 0.4) is 0 Å². The van der Waals surface area contributed by atoms with Gasteiger partial charge in [-0.05, 0) is 19.1 Å². The molecule has 1 aromatic carbocycles. The molecule has 0 radical (unpaired) electrons. The van der Waals surface area contributed by atoms with Crippen LogP contribution < -0.4 is 0 Å². The molecule has 1 amide bonds. The van der Waals surface area contributed by atoms with Crippen LogP contribution in [0, 0.1) is 6.92 Å². The van der Waals surface area contributed by atoms with Crippen LogP contribution >= 0.6 is 11.3 Å². The number of nitrogens with zero attached hydrogens (tertiary/aromatic N) is 3. The fourth-order valence-corrected chi connectivity index (χ4v) is 2.76. The predicted octanol–water partition coefficient (Wildman–Crippen LogP) is 3.23. The first-order valence-electron chi connectivity index (χ1n) is 7.46. The number of hydroxylamine groups is 2. The third-order valence-electron chi connectivity index (χ3n) is 3.25. The Kier molecular flexibility index (Phi) is 4.90. The number of aromatic nitrogens is 2. The molecule has 3 rings (SSSR count). The molecular weight excluding hydrogens is 342 g/mol. The van der Waals surface area contributed by atoms with Crippen molar-refractivity contribution in [1.82, 2.24) is 15.0 Å². The zero-order valence-corrected chi connectivity index (χ0v) is 14.4. The van der Waals surface area contributed by atoms with Gasteiger partial charge in [-0.1, -0.05) is 18.2 Å². The number of carbonyl (C=O) groups excluding carboxylic acids is 2. The van der Waals surface area contributed by atoms with E-state index in [0.717, 1.165) is 10.6 Å². The predicted molar refractivity (Wildman–Crippen MR) is 90.4 cm³/mol. The van der Waals surface area contributed by atoms with Crippen molar-refractivity contribution in [3.8, 4) is 11.5 Å². The number of amides is 1. The Morgan fingerprint density at radius 2 is 2.04 bits per heavy atom. The van der Waals surface area contributed by atoms with Gasteiger partial charge in [0.15, 0.2) is 5.69 Å². The van der Waals surface area contributed by atoms with Gasteiger partial charge in [0.25, 0.3) is 0 Å². The highest BCUT2D eigenvalue weighted by Crippen LogP contribution is 2.23. The quantitative estimate of drug-likeness (QED) is 0.667. The minimum absolute atomic E-state index is 0.0447.